The van der Waals surface area contributed by atoms with Crippen molar-refractivity contribution in [3.05, 3.63) is 0 Å². The minimum atomic E-state index is -1.18. The Morgan fingerprint density at radius 2 is 2.12 bits per heavy atom. The van der Waals surface area contributed by atoms with Crippen molar-refractivity contribution in [1.29, 1.82) is 0 Å². The smallest absolute Gasteiger partial charge is 0.336 e. The Bertz CT molecular complexity index is 255. The molecule has 0 bridgehead atoms. The fourth-order valence-electron chi connectivity index (χ4n) is 2.57. The Morgan fingerprint density at radius 1 is 1.47 bits per heavy atom. The SMILES string of the molecule is CC1CCC(C(C)C)C(OC(=O)[C@@H](O)CN)C1. The number of carbonyl (C=O) groups is 1. The van der Waals surface area contributed by atoms with Crippen LogP contribution in [0.15, 0.2) is 0 Å². The van der Waals surface area contributed by atoms with Crippen LogP contribution < -0.4 is 5.73 Å². The van der Waals surface area contributed by atoms with E-state index in [1.807, 2.05) is 0 Å². The molecule has 0 amide bonds. The molecule has 0 spiro atoms. The van der Waals surface area contributed by atoms with Crippen molar-refractivity contribution >= 4 is 5.97 Å². The first-order valence-electron chi connectivity index (χ1n) is 6.54. The molecule has 100 valence electrons. The second-order valence-electron chi connectivity index (χ2n) is 5.55. The van der Waals surface area contributed by atoms with Gasteiger partial charge in [-0.15, -0.1) is 0 Å². The van der Waals surface area contributed by atoms with Gasteiger partial charge in [-0.2, -0.15) is 0 Å². The Labute approximate surface area is 104 Å². The predicted octanol–water partition coefficient (Wildman–Crippen LogP) is 1.31. The molecule has 3 N–H and O–H groups in total. The van der Waals surface area contributed by atoms with Crippen LogP contribution in [-0.4, -0.2) is 29.8 Å². The molecule has 0 aliphatic heterocycles. The third kappa shape index (κ3) is 3.96. The third-order valence-electron chi connectivity index (χ3n) is 3.72. The van der Waals surface area contributed by atoms with Gasteiger partial charge >= 0.3 is 5.97 Å². The minimum Gasteiger partial charge on any atom is -0.460 e. The summed E-state index contributed by atoms with van der Waals surface area (Å²) >= 11 is 0. The largest absolute Gasteiger partial charge is 0.460 e. The van der Waals surface area contributed by atoms with Crippen LogP contribution in [0.4, 0.5) is 0 Å². The Balaban J connectivity index is 2.60. The van der Waals surface area contributed by atoms with E-state index in [2.05, 4.69) is 20.8 Å². The van der Waals surface area contributed by atoms with Crippen molar-refractivity contribution in [2.24, 2.45) is 23.5 Å². The van der Waals surface area contributed by atoms with Crippen LogP contribution in [0.5, 0.6) is 0 Å². The van der Waals surface area contributed by atoms with E-state index in [-0.39, 0.29) is 12.6 Å². The topological polar surface area (TPSA) is 72.5 Å². The number of carbonyl (C=O) groups excluding carboxylic acids is 1. The molecule has 0 aromatic rings. The summed E-state index contributed by atoms with van der Waals surface area (Å²) < 4.78 is 5.42. The molecule has 3 unspecified atom stereocenters. The fourth-order valence-corrected chi connectivity index (χ4v) is 2.57. The molecule has 0 saturated heterocycles. The maximum absolute atomic E-state index is 11.6. The number of rotatable bonds is 4. The molecule has 1 aliphatic carbocycles. The maximum atomic E-state index is 11.6. The van der Waals surface area contributed by atoms with E-state index >= 15 is 0 Å². The highest BCUT2D eigenvalue weighted by molar-refractivity contribution is 5.74. The van der Waals surface area contributed by atoms with Gasteiger partial charge in [-0.1, -0.05) is 27.2 Å². The summed E-state index contributed by atoms with van der Waals surface area (Å²) in [6.07, 6.45) is 1.94. The average Bonchev–Trinajstić information content (AvgIpc) is 2.27. The molecular weight excluding hydrogens is 218 g/mol. The molecule has 17 heavy (non-hydrogen) atoms. The van der Waals surface area contributed by atoms with E-state index in [9.17, 15) is 9.90 Å². The van der Waals surface area contributed by atoms with Crippen molar-refractivity contribution in [3.8, 4) is 0 Å². The lowest BCUT2D eigenvalue weighted by Crippen LogP contribution is -2.40. The zero-order valence-electron chi connectivity index (χ0n) is 11.1. The third-order valence-corrected chi connectivity index (χ3v) is 3.72. The first kappa shape index (κ1) is 14.5. The molecule has 0 heterocycles. The van der Waals surface area contributed by atoms with Crippen LogP contribution in [0.25, 0.3) is 0 Å². The van der Waals surface area contributed by atoms with Gasteiger partial charge in [0.05, 0.1) is 0 Å². The number of aliphatic hydroxyl groups excluding tert-OH is 1. The molecule has 0 aromatic carbocycles. The van der Waals surface area contributed by atoms with E-state index in [0.717, 1.165) is 12.8 Å². The highest BCUT2D eigenvalue weighted by Crippen LogP contribution is 2.35. The number of ether oxygens (including phenoxy) is 1. The molecule has 4 atom stereocenters. The molecule has 0 radical (unpaired) electrons. The van der Waals surface area contributed by atoms with Gasteiger partial charge in [0, 0.05) is 6.54 Å². The summed E-state index contributed by atoms with van der Waals surface area (Å²) in [4.78, 5) is 11.6. The molecule has 4 nitrogen and oxygen atoms in total. The monoisotopic (exact) mass is 243 g/mol. The van der Waals surface area contributed by atoms with Crippen LogP contribution in [0.1, 0.15) is 40.0 Å². The van der Waals surface area contributed by atoms with Crippen molar-refractivity contribution in [1.82, 2.24) is 0 Å². The summed E-state index contributed by atoms with van der Waals surface area (Å²) in [5, 5.41) is 9.35. The number of hydrogen-bond donors (Lipinski definition) is 2. The Kier molecular flexibility index (Phi) is 5.40. The lowest BCUT2D eigenvalue weighted by molar-refractivity contribution is -0.165. The fraction of sp³-hybridized carbons (Fsp3) is 0.923. The molecule has 4 heteroatoms. The normalized spacial score (nSPS) is 31.3. The number of esters is 1. The first-order valence-corrected chi connectivity index (χ1v) is 6.54. The zero-order valence-corrected chi connectivity index (χ0v) is 11.1. The van der Waals surface area contributed by atoms with Gasteiger partial charge in [-0.25, -0.2) is 4.79 Å². The van der Waals surface area contributed by atoms with Crippen LogP contribution in [0.3, 0.4) is 0 Å². The Hall–Kier alpha value is -0.610. The highest BCUT2D eigenvalue weighted by Gasteiger charge is 2.34. The van der Waals surface area contributed by atoms with Gasteiger partial charge in [0.1, 0.15) is 6.10 Å². The second kappa shape index (κ2) is 6.36. The molecule has 1 rings (SSSR count). The van der Waals surface area contributed by atoms with Gasteiger partial charge in [0.2, 0.25) is 0 Å². The molecule has 0 aromatic heterocycles. The molecule has 1 fully saturated rings. The first-order chi connectivity index (χ1) is 7.95. The van der Waals surface area contributed by atoms with Gasteiger partial charge in [0.25, 0.3) is 0 Å². The number of aliphatic hydroxyl groups is 1. The highest BCUT2D eigenvalue weighted by atomic mass is 16.6. The standard InChI is InChI=1S/C13H25NO3/c1-8(2)10-5-4-9(3)6-12(10)17-13(16)11(15)7-14/h8-12,15H,4-7,14H2,1-3H3/t9?,10?,11-,12?/m0/s1. The van der Waals surface area contributed by atoms with Crippen LogP contribution in [0, 0.1) is 17.8 Å². The van der Waals surface area contributed by atoms with E-state index < -0.39 is 12.1 Å². The number of hydrogen-bond acceptors (Lipinski definition) is 4. The van der Waals surface area contributed by atoms with E-state index in [0.29, 0.717) is 17.8 Å². The van der Waals surface area contributed by atoms with Crippen LogP contribution >= 0.6 is 0 Å². The van der Waals surface area contributed by atoms with Crippen LogP contribution in [0.2, 0.25) is 0 Å². The molecule has 1 saturated carbocycles. The summed E-state index contributed by atoms with van der Waals surface area (Å²) in [5.41, 5.74) is 5.25. The Morgan fingerprint density at radius 3 is 2.65 bits per heavy atom. The second-order valence-corrected chi connectivity index (χ2v) is 5.55. The maximum Gasteiger partial charge on any atom is 0.336 e. The zero-order chi connectivity index (χ0) is 13.0. The van der Waals surface area contributed by atoms with Gasteiger partial charge < -0.3 is 15.6 Å². The van der Waals surface area contributed by atoms with Crippen molar-refractivity contribution in [2.45, 2.75) is 52.2 Å². The summed E-state index contributed by atoms with van der Waals surface area (Å²) in [7, 11) is 0. The van der Waals surface area contributed by atoms with Gasteiger partial charge in [-0.3, -0.25) is 0 Å². The van der Waals surface area contributed by atoms with Crippen molar-refractivity contribution < 1.29 is 14.6 Å². The summed E-state index contributed by atoms with van der Waals surface area (Å²) in [5.74, 6) is 0.908. The van der Waals surface area contributed by atoms with Gasteiger partial charge in [-0.05, 0) is 30.6 Å². The quantitative estimate of drug-likeness (QED) is 0.730. The lowest BCUT2D eigenvalue weighted by atomic mass is 9.75. The average molecular weight is 243 g/mol. The summed E-state index contributed by atoms with van der Waals surface area (Å²) in [6.45, 7) is 6.41. The van der Waals surface area contributed by atoms with Gasteiger partial charge in [0.15, 0.2) is 6.10 Å². The van der Waals surface area contributed by atoms with E-state index in [1.54, 1.807) is 0 Å². The molecule has 1 aliphatic rings. The van der Waals surface area contributed by atoms with Crippen molar-refractivity contribution in [2.75, 3.05) is 6.54 Å². The lowest BCUT2D eigenvalue weighted by Gasteiger charge is -2.37. The minimum absolute atomic E-state index is 0.0625. The van der Waals surface area contributed by atoms with E-state index in [4.69, 9.17) is 10.5 Å². The molecular formula is C13H25NO3. The predicted molar refractivity (Wildman–Crippen MR) is 66.3 cm³/mol. The van der Waals surface area contributed by atoms with Crippen LogP contribution in [-0.2, 0) is 9.53 Å². The van der Waals surface area contributed by atoms with E-state index in [1.165, 1.54) is 6.42 Å². The van der Waals surface area contributed by atoms with Crippen molar-refractivity contribution in [3.63, 3.8) is 0 Å². The summed E-state index contributed by atoms with van der Waals surface area (Å²) in [6, 6.07) is 0. The number of nitrogens with two attached hydrogens (primary N) is 1.